The fourth-order valence-electron chi connectivity index (χ4n) is 3.14. The quantitative estimate of drug-likeness (QED) is 0.356. The van der Waals surface area contributed by atoms with Crippen LogP contribution >= 0.6 is 0 Å². The summed E-state index contributed by atoms with van der Waals surface area (Å²) in [4.78, 5) is 15.3. The van der Waals surface area contributed by atoms with Crippen LogP contribution in [0.4, 0.5) is 11.4 Å². The molecule has 0 bridgehead atoms. The number of hydrogen-bond donors (Lipinski definition) is 0. The van der Waals surface area contributed by atoms with Gasteiger partial charge in [-0.2, -0.15) is 0 Å². The van der Waals surface area contributed by atoms with E-state index < -0.39 is 0 Å². The lowest BCUT2D eigenvalue weighted by Gasteiger charge is -2.09. The monoisotopic (exact) mass is 347 g/mol. The summed E-state index contributed by atoms with van der Waals surface area (Å²) < 4.78 is 2.01. The van der Waals surface area contributed by atoms with Crippen molar-refractivity contribution in [2.24, 2.45) is 4.99 Å². The maximum Gasteiger partial charge on any atom is 0.271 e. The predicted octanol–water partition coefficient (Wildman–Crippen LogP) is 5.32. The van der Waals surface area contributed by atoms with Crippen LogP contribution in [0.3, 0.4) is 0 Å². The number of rotatable bonds is 5. The van der Waals surface area contributed by atoms with Gasteiger partial charge in [-0.15, -0.1) is 0 Å². The molecule has 2 aromatic carbocycles. The van der Waals surface area contributed by atoms with Crippen LogP contribution in [0.25, 0.3) is 5.69 Å². The fourth-order valence-corrected chi connectivity index (χ4v) is 3.14. The predicted molar refractivity (Wildman–Crippen MR) is 105 cm³/mol. The van der Waals surface area contributed by atoms with E-state index in [-0.39, 0.29) is 10.6 Å². The Morgan fingerprint density at radius 2 is 1.88 bits per heavy atom. The molecule has 0 aliphatic carbocycles. The van der Waals surface area contributed by atoms with E-state index in [1.54, 1.807) is 12.1 Å². The highest BCUT2D eigenvalue weighted by molar-refractivity contribution is 5.84. The molecule has 0 aliphatic rings. The Balaban J connectivity index is 2.00. The van der Waals surface area contributed by atoms with E-state index in [4.69, 9.17) is 0 Å². The van der Waals surface area contributed by atoms with E-state index in [1.165, 1.54) is 11.6 Å². The number of aliphatic imine (C=N–C) groups is 1. The Morgan fingerprint density at radius 1 is 1.12 bits per heavy atom. The summed E-state index contributed by atoms with van der Waals surface area (Å²) in [7, 11) is 0. The maximum absolute atomic E-state index is 11.1. The molecule has 26 heavy (non-hydrogen) atoms. The molecule has 0 N–H and O–H groups in total. The van der Waals surface area contributed by atoms with Crippen molar-refractivity contribution >= 4 is 17.6 Å². The zero-order valence-electron chi connectivity index (χ0n) is 15.1. The van der Waals surface area contributed by atoms with Crippen molar-refractivity contribution in [2.45, 2.75) is 27.2 Å². The second-order valence-corrected chi connectivity index (χ2v) is 6.18. The van der Waals surface area contributed by atoms with Crippen LogP contribution in [0.1, 0.15) is 29.4 Å². The maximum atomic E-state index is 11.1. The van der Waals surface area contributed by atoms with Crippen molar-refractivity contribution in [3.63, 3.8) is 0 Å². The number of benzene rings is 2. The molecule has 5 nitrogen and oxygen atoms in total. The van der Waals surface area contributed by atoms with E-state index in [1.807, 2.05) is 55.0 Å². The number of aromatic nitrogens is 1. The molecule has 5 heteroatoms. The molecule has 0 atom stereocenters. The Bertz CT molecular complexity index is 987. The smallest absolute Gasteiger partial charge is 0.271 e. The first-order chi connectivity index (χ1) is 12.5. The van der Waals surface area contributed by atoms with Crippen LogP contribution in [0.15, 0.2) is 59.6 Å². The molecule has 1 aromatic heterocycles. The summed E-state index contributed by atoms with van der Waals surface area (Å²) in [6.45, 7) is 6.10. The molecular formula is C21H21N3O2. The van der Waals surface area contributed by atoms with E-state index >= 15 is 0 Å². The van der Waals surface area contributed by atoms with E-state index in [2.05, 4.69) is 18.0 Å². The Kier molecular flexibility index (Phi) is 4.98. The lowest BCUT2D eigenvalue weighted by Crippen LogP contribution is -2.00. The SMILES string of the molecule is CCc1ccccc1N=Cc1cc(C)n(-c2cccc([N+](=O)[O-])c2)c1C. The number of nitrogens with zero attached hydrogens (tertiary/aromatic N) is 3. The zero-order chi connectivity index (χ0) is 18.7. The van der Waals surface area contributed by atoms with Gasteiger partial charge < -0.3 is 4.57 Å². The Hall–Kier alpha value is -3.21. The topological polar surface area (TPSA) is 60.4 Å². The van der Waals surface area contributed by atoms with Crippen molar-refractivity contribution in [1.82, 2.24) is 4.57 Å². The second kappa shape index (κ2) is 7.35. The third-order valence-electron chi connectivity index (χ3n) is 4.48. The summed E-state index contributed by atoms with van der Waals surface area (Å²) in [5.74, 6) is 0. The van der Waals surface area contributed by atoms with Gasteiger partial charge in [0.1, 0.15) is 0 Å². The lowest BCUT2D eigenvalue weighted by atomic mass is 10.1. The van der Waals surface area contributed by atoms with E-state index in [0.29, 0.717) is 0 Å². The highest BCUT2D eigenvalue weighted by Crippen LogP contribution is 2.24. The highest BCUT2D eigenvalue weighted by atomic mass is 16.6. The van der Waals surface area contributed by atoms with Crippen LogP contribution in [-0.2, 0) is 6.42 Å². The summed E-state index contributed by atoms with van der Waals surface area (Å²) in [5, 5.41) is 11.1. The van der Waals surface area contributed by atoms with Crippen molar-refractivity contribution in [3.8, 4) is 5.69 Å². The molecule has 1 heterocycles. The number of nitro benzene ring substituents is 1. The molecule has 0 spiro atoms. The van der Waals surface area contributed by atoms with Crippen molar-refractivity contribution in [1.29, 1.82) is 0 Å². The molecule has 0 fully saturated rings. The average Bonchev–Trinajstić information content (AvgIpc) is 2.93. The van der Waals surface area contributed by atoms with E-state index in [0.717, 1.165) is 34.7 Å². The normalized spacial score (nSPS) is 11.2. The molecule has 0 aliphatic heterocycles. The van der Waals surface area contributed by atoms with Crippen LogP contribution in [0.2, 0.25) is 0 Å². The third-order valence-corrected chi connectivity index (χ3v) is 4.48. The molecule has 0 unspecified atom stereocenters. The van der Waals surface area contributed by atoms with Crippen molar-refractivity contribution in [3.05, 3.63) is 87.2 Å². The van der Waals surface area contributed by atoms with Crippen LogP contribution in [0.5, 0.6) is 0 Å². The average molecular weight is 347 g/mol. The number of aryl methyl sites for hydroxylation is 2. The molecule has 0 saturated heterocycles. The van der Waals surface area contributed by atoms with Gasteiger partial charge in [0, 0.05) is 35.3 Å². The minimum absolute atomic E-state index is 0.0853. The number of non-ortho nitro benzene ring substituents is 1. The summed E-state index contributed by atoms with van der Waals surface area (Å²) in [6, 6.07) is 16.8. The first-order valence-electron chi connectivity index (χ1n) is 8.57. The van der Waals surface area contributed by atoms with Crippen LogP contribution < -0.4 is 0 Å². The van der Waals surface area contributed by atoms with Gasteiger partial charge in [0.2, 0.25) is 0 Å². The first-order valence-corrected chi connectivity index (χ1v) is 8.57. The summed E-state index contributed by atoms with van der Waals surface area (Å²) in [6.07, 6.45) is 2.80. The minimum Gasteiger partial charge on any atom is -0.318 e. The lowest BCUT2D eigenvalue weighted by molar-refractivity contribution is -0.384. The van der Waals surface area contributed by atoms with Gasteiger partial charge in [0.05, 0.1) is 16.3 Å². The Morgan fingerprint density at radius 3 is 2.62 bits per heavy atom. The highest BCUT2D eigenvalue weighted by Gasteiger charge is 2.12. The first kappa shape index (κ1) is 17.6. The molecule has 3 rings (SSSR count). The third kappa shape index (κ3) is 3.42. The fraction of sp³-hybridized carbons (Fsp3) is 0.190. The largest absolute Gasteiger partial charge is 0.318 e. The van der Waals surface area contributed by atoms with Crippen molar-refractivity contribution in [2.75, 3.05) is 0 Å². The van der Waals surface area contributed by atoms with Gasteiger partial charge in [-0.3, -0.25) is 15.1 Å². The zero-order valence-corrected chi connectivity index (χ0v) is 15.1. The number of para-hydroxylation sites is 1. The molecule has 0 amide bonds. The Labute approximate surface area is 152 Å². The second-order valence-electron chi connectivity index (χ2n) is 6.18. The molecule has 0 saturated carbocycles. The molecule has 0 radical (unpaired) electrons. The molecule has 3 aromatic rings. The standard InChI is InChI=1S/C21H21N3O2/c1-4-17-8-5-6-11-21(17)22-14-18-12-15(2)23(16(18)3)19-9-7-10-20(13-19)24(25)26/h5-14H,4H2,1-3H3. The van der Waals surface area contributed by atoms with Gasteiger partial charge in [-0.05, 0) is 44.0 Å². The molecular weight excluding hydrogens is 326 g/mol. The van der Waals surface area contributed by atoms with Crippen molar-refractivity contribution < 1.29 is 4.92 Å². The van der Waals surface area contributed by atoms with Gasteiger partial charge >= 0.3 is 0 Å². The van der Waals surface area contributed by atoms with Crippen LogP contribution in [-0.4, -0.2) is 15.7 Å². The molecule has 132 valence electrons. The van der Waals surface area contributed by atoms with E-state index in [9.17, 15) is 10.1 Å². The van der Waals surface area contributed by atoms with Gasteiger partial charge in [-0.25, -0.2) is 0 Å². The van der Waals surface area contributed by atoms with Gasteiger partial charge in [-0.1, -0.05) is 31.2 Å². The number of hydrogen-bond acceptors (Lipinski definition) is 3. The number of nitro groups is 1. The minimum atomic E-state index is -0.373. The summed E-state index contributed by atoms with van der Waals surface area (Å²) in [5.41, 5.74) is 6.05. The van der Waals surface area contributed by atoms with Crippen LogP contribution in [0, 0.1) is 24.0 Å². The van der Waals surface area contributed by atoms with Gasteiger partial charge in [0.15, 0.2) is 0 Å². The summed E-state index contributed by atoms with van der Waals surface area (Å²) >= 11 is 0. The van der Waals surface area contributed by atoms with Gasteiger partial charge in [0.25, 0.3) is 5.69 Å².